The van der Waals surface area contributed by atoms with Gasteiger partial charge in [-0.25, -0.2) is 13.8 Å². The van der Waals surface area contributed by atoms with Gasteiger partial charge in [0.05, 0.1) is 0 Å². The maximum Gasteiger partial charge on any atom is 0.225 e. The molecule has 0 amide bonds. The summed E-state index contributed by atoms with van der Waals surface area (Å²) in [5.41, 5.74) is 0. The van der Waals surface area contributed by atoms with Gasteiger partial charge in [0.1, 0.15) is 11.6 Å². The normalized spacial score (nSPS) is 10.5. The molecule has 1 N–H and O–H groups in total. The standard InChI is InChI=1S/C14H15F2N3OS/c1-3-6-17-12-8-13(19-14(18-12)21-2)20-11-5-4-9(15)7-10(11)16/h4-5,7-8H,3,6H2,1-2H3,(H,17,18,19). The second-order valence-corrected chi connectivity index (χ2v) is 4.96. The number of hydrogen-bond acceptors (Lipinski definition) is 5. The highest BCUT2D eigenvalue weighted by Gasteiger charge is 2.10. The van der Waals surface area contributed by atoms with Crippen LogP contribution in [-0.2, 0) is 0 Å². The number of ether oxygens (including phenoxy) is 1. The first-order valence-corrected chi connectivity index (χ1v) is 7.64. The van der Waals surface area contributed by atoms with Gasteiger partial charge in [-0.1, -0.05) is 18.7 Å². The smallest absolute Gasteiger partial charge is 0.225 e. The molecule has 112 valence electrons. The molecule has 7 heteroatoms. The third-order valence-corrected chi connectivity index (χ3v) is 3.08. The third kappa shape index (κ3) is 4.29. The second-order valence-electron chi connectivity index (χ2n) is 4.18. The van der Waals surface area contributed by atoms with E-state index in [0.29, 0.717) is 11.0 Å². The van der Waals surface area contributed by atoms with Crippen molar-refractivity contribution in [2.24, 2.45) is 0 Å². The number of anilines is 1. The summed E-state index contributed by atoms with van der Waals surface area (Å²) in [6, 6.07) is 4.70. The van der Waals surface area contributed by atoms with Crippen LogP contribution in [0.4, 0.5) is 14.6 Å². The molecule has 2 aromatic rings. The van der Waals surface area contributed by atoms with E-state index in [1.54, 1.807) is 6.07 Å². The fourth-order valence-electron chi connectivity index (χ4n) is 1.56. The van der Waals surface area contributed by atoms with Crippen LogP contribution in [0.1, 0.15) is 13.3 Å². The van der Waals surface area contributed by atoms with Crippen molar-refractivity contribution in [3.05, 3.63) is 35.9 Å². The molecular weight excluding hydrogens is 296 g/mol. The van der Waals surface area contributed by atoms with Crippen LogP contribution in [-0.4, -0.2) is 22.8 Å². The number of hydrogen-bond donors (Lipinski definition) is 1. The summed E-state index contributed by atoms with van der Waals surface area (Å²) in [5, 5.41) is 3.63. The minimum Gasteiger partial charge on any atom is -0.436 e. The molecular formula is C14H15F2N3OS. The Hall–Kier alpha value is -1.89. The SMILES string of the molecule is CCCNc1cc(Oc2ccc(F)cc2F)nc(SC)n1. The Morgan fingerprint density at radius 2 is 2.05 bits per heavy atom. The third-order valence-electron chi connectivity index (χ3n) is 2.53. The van der Waals surface area contributed by atoms with Crippen molar-refractivity contribution >= 4 is 17.6 Å². The van der Waals surface area contributed by atoms with Gasteiger partial charge in [-0.15, -0.1) is 0 Å². The van der Waals surface area contributed by atoms with Crippen molar-refractivity contribution in [3.63, 3.8) is 0 Å². The lowest BCUT2D eigenvalue weighted by Crippen LogP contribution is -2.04. The van der Waals surface area contributed by atoms with Crippen molar-refractivity contribution in [3.8, 4) is 11.6 Å². The van der Waals surface area contributed by atoms with Gasteiger partial charge in [0, 0.05) is 18.7 Å². The molecule has 0 aliphatic rings. The van der Waals surface area contributed by atoms with Gasteiger partial charge in [0.15, 0.2) is 16.7 Å². The zero-order valence-electron chi connectivity index (χ0n) is 11.7. The molecule has 0 atom stereocenters. The molecule has 0 saturated carbocycles. The lowest BCUT2D eigenvalue weighted by atomic mass is 10.3. The Morgan fingerprint density at radius 3 is 2.71 bits per heavy atom. The van der Waals surface area contributed by atoms with Gasteiger partial charge >= 0.3 is 0 Å². The fraction of sp³-hybridized carbons (Fsp3) is 0.286. The summed E-state index contributed by atoms with van der Waals surface area (Å²) in [7, 11) is 0. The monoisotopic (exact) mass is 311 g/mol. The van der Waals surface area contributed by atoms with Gasteiger partial charge in [-0.05, 0) is 24.8 Å². The second kappa shape index (κ2) is 7.21. The van der Waals surface area contributed by atoms with Gasteiger partial charge in [0.2, 0.25) is 5.88 Å². The zero-order valence-corrected chi connectivity index (χ0v) is 12.5. The van der Waals surface area contributed by atoms with E-state index in [0.717, 1.165) is 25.1 Å². The number of nitrogens with one attached hydrogen (secondary N) is 1. The Labute approximate surface area is 126 Å². The molecule has 0 unspecified atom stereocenters. The summed E-state index contributed by atoms with van der Waals surface area (Å²) in [4.78, 5) is 8.42. The molecule has 0 saturated heterocycles. The number of halogens is 2. The van der Waals surface area contributed by atoms with Crippen LogP contribution >= 0.6 is 11.8 Å². The van der Waals surface area contributed by atoms with Gasteiger partial charge in [-0.3, -0.25) is 0 Å². The highest BCUT2D eigenvalue weighted by atomic mass is 32.2. The summed E-state index contributed by atoms with van der Waals surface area (Å²) in [6.07, 6.45) is 2.78. The molecule has 0 bridgehead atoms. The molecule has 0 aliphatic heterocycles. The minimum atomic E-state index is -0.776. The molecule has 4 nitrogen and oxygen atoms in total. The lowest BCUT2D eigenvalue weighted by Gasteiger charge is -2.10. The topological polar surface area (TPSA) is 47.0 Å². The molecule has 1 heterocycles. The van der Waals surface area contributed by atoms with E-state index in [1.165, 1.54) is 17.8 Å². The van der Waals surface area contributed by atoms with E-state index in [1.807, 2.05) is 13.2 Å². The van der Waals surface area contributed by atoms with E-state index >= 15 is 0 Å². The van der Waals surface area contributed by atoms with Crippen LogP contribution in [0.25, 0.3) is 0 Å². The predicted molar refractivity (Wildman–Crippen MR) is 79.0 cm³/mol. The van der Waals surface area contributed by atoms with Crippen LogP contribution in [0.3, 0.4) is 0 Å². The van der Waals surface area contributed by atoms with Crippen molar-refractivity contribution in [1.29, 1.82) is 0 Å². The molecule has 0 radical (unpaired) electrons. The number of benzene rings is 1. The van der Waals surface area contributed by atoms with E-state index in [4.69, 9.17) is 4.74 Å². The van der Waals surface area contributed by atoms with Gasteiger partial charge in [-0.2, -0.15) is 4.98 Å². The Bertz CT molecular complexity index is 625. The highest BCUT2D eigenvalue weighted by molar-refractivity contribution is 7.98. The maximum atomic E-state index is 13.6. The lowest BCUT2D eigenvalue weighted by molar-refractivity contribution is 0.419. The maximum absolute atomic E-state index is 13.6. The van der Waals surface area contributed by atoms with E-state index in [9.17, 15) is 8.78 Å². The summed E-state index contributed by atoms with van der Waals surface area (Å²) >= 11 is 1.35. The van der Waals surface area contributed by atoms with Crippen LogP contribution in [0.5, 0.6) is 11.6 Å². The van der Waals surface area contributed by atoms with Crippen molar-refractivity contribution < 1.29 is 13.5 Å². The number of rotatable bonds is 6. The molecule has 1 aromatic heterocycles. The quantitative estimate of drug-likeness (QED) is 0.643. The van der Waals surface area contributed by atoms with Crippen molar-refractivity contribution in [1.82, 2.24) is 9.97 Å². The van der Waals surface area contributed by atoms with Crippen molar-refractivity contribution in [2.45, 2.75) is 18.5 Å². The van der Waals surface area contributed by atoms with Crippen LogP contribution in [0.2, 0.25) is 0 Å². The van der Waals surface area contributed by atoms with Gasteiger partial charge < -0.3 is 10.1 Å². The average molecular weight is 311 g/mol. The van der Waals surface area contributed by atoms with E-state index in [2.05, 4.69) is 15.3 Å². The average Bonchev–Trinajstić information content (AvgIpc) is 2.48. The number of thioether (sulfide) groups is 1. The predicted octanol–water partition coefficient (Wildman–Crippen LogP) is 4.09. The van der Waals surface area contributed by atoms with Crippen molar-refractivity contribution in [2.75, 3.05) is 18.1 Å². The molecule has 21 heavy (non-hydrogen) atoms. The van der Waals surface area contributed by atoms with E-state index < -0.39 is 11.6 Å². The minimum absolute atomic E-state index is 0.0800. The summed E-state index contributed by atoms with van der Waals surface area (Å²) in [5.74, 6) is -0.698. The Kier molecular flexibility index (Phi) is 5.32. The van der Waals surface area contributed by atoms with Crippen LogP contribution in [0.15, 0.2) is 29.4 Å². The molecule has 2 rings (SSSR count). The van der Waals surface area contributed by atoms with Crippen LogP contribution in [0, 0.1) is 11.6 Å². The van der Waals surface area contributed by atoms with Gasteiger partial charge in [0.25, 0.3) is 0 Å². The number of nitrogens with zero attached hydrogens (tertiary/aromatic N) is 2. The largest absolute Gasteiger partial charge is 0.436 e. The molecule has 0 fully saturated rings. The highest BCUT2D eigenvalue weighted by Crippen LogP contribution is 2.26. The Balaban J connectivity index is 2.25. The first-order valence-electron chi connectivity index (χ1n) is 6.42. The number of aromatic nitrogens is 2. The molecule has 1 aromatic carbocycles. The molecule has 0 aliphatic carbocycles. The summed E-state index contributed by atoms with van der Waals surface area (Å²) in [6.45, 7) is 2.80. The zero-order chi connectivity index (χ0) is 15.2. The fourth-order valence-corrected chi connectivity index (χ4v) is 1.93. The Morgan fingerprint density at radius 1 is 1.24 bits per heavy atom. The van der Waals surface area contributed by atoms with E-state index in [-0.39, 0.29) is 11.6 Å². The first kappa shape index (κ1) is 15.5. The molecule has 0 spiro atoms. The van der Waals surface area contributed by atoms with Crippen LogP contribution < -0.4 is 10.1 Å². The summed E-state index contributed by atoms with van der Waals surface area (Å²) < 4.78 is 31.8. The first-order chi connectivity index (χ1) is 10.1.